The highest BCUT2D eigenvalue weighted by molar-refractivity contribution is 6.03. The summed E-state index contributed by atoms with van der Waals surface area (Å²) in [6.07, 6.45) is 22.5. The summed E-state index contributed by atoms with van der Waals surface area (Å²) in [6.45, 7) is 0. The van der Waals surface area contributed by atoms with Crippen LogP contribution in [0.25, 0.3) is 0 Å². The van der Waals surface area contributed by atoms with Gasteiger partial charge in [0.05, 0.1) is 11.1 Å². The van der Waals surface area contributed by atoms with Gasteiger partial charge in [0.25, 0.3) is 5.91 Å². The lowest BCUT2D eigenvalue weighted by Gasteiger charge is -2.21. The van der Waals surface area contributed by atoms with Gasteiger partial charge in [0.1, 0.15) is 11.6 Å². The Morgan fingerprint density at radius 2 is 1.20 bits per heavy atom. The topological polar surface area (TPSA) is 162 Å². The molecule has 4 heterocycles. The van der Waals surface area contributed by atoms with Crippen molar-refractivity contribution in [3.63, 3.8) is 0 Å². The Morgan fingerprint density at radius 1 is 0.714 bits per heavy atom. The monoisotopic (exact) mass is 668 g/mol. The molecule has 0 bridgehead atoms. The zero-order valence-electron chi connectivity index (χ0n) is 28.5. The lowest BCUT2D eigenvalue weighted by atomic mass is 9.85. The van der Waals surface area contributed by atoms with Crippen molar-refractivity contribution in [2.75, 3.05) is 11.1 Å². The Morgan fingerprint density at radius 3 is 1.65 bits per heavy atom. The van der Waals surface area contributed by atoms with Gasteiger partial charge in [-0.1, -0.05) is 76.3 Å². The van der Waals surface area contributed by atoms with Crippen LogP contribution >= 0.6 is 0 Å². The van der Waals surface area contributed by atoms with Crippen LogP contribution in [-0.4, -0.2) is 36.1 Å². The van der Waals surface area contributed by atoms with Crippen molar-refractivity contribution >= 4 is 23.5 Å². The van der Waals surface area contributed by atoms with E-state index in [0.29, 0.717) is 17.2 Å². The molecule has 0 unspecified atom stereocenters. The number of carboxylic acid groups (broad SMARTS) is 1. The van der Waals surface area contributed by atoms with Gasteiger partial charge >= 0.3 is 5.97 Å². The molecule has 0 spiro atoms. The maximum Gasteiger partial charge on any atom is 0.337 e. The minimum Gasteiger partial charge on any atom is -0.478 e. The molecule has 0 radical (unpaired) electrons. The van der Waals surface area contributed by atoms with Crippen molar-refractivity contribution < 1.29 is 14.7 Å². The lowest BCUT2D eigenvalue weighted by Crippen LogP contribution is -2.19. The number of carboxylic acids is 1. The second-order valence-corrected chi connectivity index (χ2v) is 13.1. The number of rotatable bonds is 7. The number of aromatic nitrogens is 4. The van der Waals surface area contributed by atoms with E-state index >= 15 is 0 Å². The van der Waals surface area contributed by atoms with Crippen LogP contribution in [0.1, 0.15) is 96.1 Å². The first kappa shape index (κ1) is 36.8. The van der Waals surface area contributed by atoms with Gasteiger partial charge in [-0.3, -0.25) is 14.4 Å². The van der Waals surface area contributed by atoms with E-state index in [1.54, 1.807) is 7.05 Å². The number of aryl methyl sites for hydroxylation is 2. The van der Waals surface area contributed by atoms with E-state index in [2.05, 4.69) is 21.4 Å². The first-order valence-corrected chi connectivity index (χ1v) is 17.1. The van der Waals surface area contributed by atoms with Gasteiger partial charge in [0.15, 0.2) is 0 Å². The SMILES string of the molecule is Cn1cc(C(=O)Nc2ccc(CC3CCCCC3)cn2)ccc1=O.Cn1cc(C(=O)O)ccc1=O.Nc1ccc(CC2CCCCC2)cn1. The molecule has 4 aromatic heterocycles. The number of anilines is 2. The van der Waals surface area contributed by atoms with Crippen molar-refractivity contribution in [1.82, 2.24) is 19.1 Å². The number of hydrogen-bond donors (Lipinski definition) is 3. The zero-order chi connectivity index (χ0) is 35.2. The molecular weight excluding hydrogens is 620 g/mol. The zero-order valence-corrected chi connectivity index (χ0v) is 28.5. The highest BCUT2D eigenvalue weighted by Crippen LogP contribution is 2.27. The van der Waals surface area contributed by atoms with Crippen LogP contribution in [-0.2, 0) is 26.9 Å². The van der Waals surface area contributed by atoms with E-state index in [0.717, 1.165) is 18.3 Å². The second kappa shape index (κ2) is 18.5. The highest BCUT2D eigenvalue weighted by atomic mass is 16.4. The summed E-state index contributed by atoms with van der Waals surface area (Å²) in [4.78, 5) is 53.2. The average molecular weight is 669 g/mol. The van der Waals surface area contributed by atoms with Crippen LogP contribution in [0.5, 0.6) is 0 Å². The quantitative estimate of drug-likeness (QED) is 0.215. The minimum atomic E-state index is -1.03. The molecule has 1 amide bonds. The van der Waals surface area contributed by atoms with Gasteiger partial charge in [-0.05, 0) is 60.1 Å². The van der Waals surface area contributed by atoms with E-state index in [-0.39, 0.29) is 22.6 Å². The number of nitrogens with two attached hydrogens (primary N) is 1. The Labute approximate surface area is 287 Å². The maximum atomic E-state index is 12.2. The Balaban J connectivity index is 0.000000183. The number of amides is 1. The summed E-state index contributed by atoms with van der Waals surface area (Å²) in [6, 6.07) is 13.3. The molecule has 0 aliphatic heterocycles. The summed E-state index contributed by atoms with van der Waals surface area (Å²) >= 11 is 0. The fraction of sp³-hybridized carbons (Fsp3) is 0.421. The third-order valence-corrected chi connectivity index (χ3v) is 9.09. The molecule has 0 aromatic carbocycles. The molecule has 11 nitrogen and oxygen atoms in total. The van der Waals surface area contributed by atoms with E-state index in [9.17, 15) is 19.2 Å². The van der Waals surface area contributed by atoms with E-state index in [1.807, 2.05) is 30.6 Å². The number of nitrogens with one attached hydrogen (secondary N) is 1. The summed E-state index contributed by atoms with van der Waals surface area (Å²) < 4.78 is 2.61. The number of nitrogens with zero attached hydrogens (tertiary/aromatic N) is 4. The van der Waals surface area contributed by atoms with Crippen molar-refractivity contribution in [2.45, 2.75) is 77.0 Å². The van der Waals surface area contributed by atoms with Gasteiger partial charge in [-0.15, -0.1) is 0 Å². The Bertz CT molecular complexity index is 1770. The first-order chi connectivity index (χ1) is 23.6. The van der Waals surface area contributed by atoms with Crippen LogP contribution < -0.4 is 22.2 Å². The van der Waals surface area contributed by atoms with Crippen LogP contribution in [0.15, 0.2) is 82.9 Å². The highest BCUT2D eigenvalue weighted by Gasteiger charge is 2.15. The molecule has 0 saturated heterocycles. The minimum absolute atomic E-state index is 0.118. The van der Waals surface area contributed by atoms with E-state index in [4.69, 9.17) is 10.8 Å². The van der Waals surface area contributed by atoms with Crippen LogP contribution in [0, 0.1) is 11.8 Å². The third-order valence-electron chi connectivity index (χ3n) is 9.09. The van der Waals surface area contributed by atoms with Gasteiger partial charge < -0.3 is 25.3 Å². The van der Waals surface area contributed by atoms with Gasteiger partial charge in [-0.25, -0.2) is 14.8 Å². The summed E-state index contributed by atoms with van der Waals surface area (Å²) in [5, 5.41) is 11.3. The standard InChI is InChI=1S/C19H23N3O2.C12H18N2.C7H7NO3/c1-22-13-16(8-10-18(22)23)19(24)21-17-9-7-15(12-20-17)11-14-5-3-2-4-6-14;13-12-7-6-11(9-14-12)8-10-4-2-1-3-5-10;1-8-4-5(7(10)11)2-3-6(8)9/h7-10,12-14H,2-6,11H2,1H3,(H,20,21,24);6-7,9-10H,1-5,8H2,(H2,13,14);2-4H,1H3,(H,10,11). The molecule has 4 aromatic rings. The van der Waals surface area contributed by atoms with Crippen LogP contribution in [0.2, 0.25) is 0 Å². The molecule has 11 heteroatoms. The molecule has 2 aliphatic rings. The first-order valence-electron chi connectivity index (χ1n) is 17.1. The van der Waals surface area contributed by atoms with Crippen molar-refractivity contribution in [3.8, 4) is 0 Å². The molecule has 49 heavy (non-hydrogen) atoms. The number of aromatic carboxylic acids is 1. The largest absolute Gasteiger partial charge is 0.478 e. The Kier molecular flexibility index (Phi) is 13.9. The molecule has 2 saturated carbocycles. The third kappa shape index (κ3) is 12.2. The molecule has 2 fully saturated rings. The summed E-state index contributed by atoms with van der Waals surface area (Å²) in [5.74, 6) is 1.51. The van der Waals surface area contributed by atoms with Crippen molar-refractivity contribution in [3.05, 3.63) is 116 Å². The summed E-state index contributed by atoms with van der Waals surface area (Å²) in [5.41, 5.74) is 8.31. The van der Waals surface area contributed by atoms with E-state index in [1.165, 1.54) is 135 Å². The van der Waals surface area contributed by atoms with Crippen LogP contribution in [0.3, 0.4) is 0 Å². The number of carbonyl (C=O) groups excluding carboxylic acids is 1. The molecule has 0 atom stereocenters. The number of pyridine rings is 4. The van der Waals surface area contributed by atoms with Gasteiger partial charge in [-0.2, -0.15) is 0 Å². The van der Waals surface area contributed by atoms with Gasteiger partial charge in [0.2, 0.25) is 11.1 Å². The van der Waals surface area contributed by atoms with E-state index < -0.39 is 5.97 Å². The van der Waals surface area contributed by atoms with Crippen molar-refractivity contribution in [2.24, 2.45) is 25.9 Å². The van der Waals surface area contributed by atoms with Crippen LogP contribution in [0.4, 0.5) is 11.6 Å². The molecule has 2 aliphatic carbocycles. The van der Waals surface area contributed by atoms with Crippen molar-refractivity contribution in [1.29, 1.82) is 0 Å². The van der Waals surface area contributed by atoms with Gasteiger partial charge in [0, 0.05) is 51.0 Å². The fourth-order valence-corrected chi connectivity index (χ4v) is 6.26. The normalized spacial score (nSPS) is 14.8. The molecular formula is C38H48N6O5. The maximum absolute atomic E-state index is 12.2. The molecule has 260 valence electrons. The predicted molar refractivity (Wildman–Crippen MR) is 192 cm³/mol. The number of hydrogen-bond acceptors (Lipinski definition) is 7. The average Bonchev–Trinajstić information content (AvgIpc) is 3.10. The number of nitrogen functional groups attached to an aromatic ring is 1. The Hall–Kier alpha value is -5.06. The summed E-state index contributed by atoms with van der Waals surface area (Å²) in [7, 11) is 3.13. The second-order valence-electron chi connectivity index (χ2n) is 13.1. The number of carbonyl (C=O) groups is 2. The molecule has 4 N–H and O–H groups in total. The smallest absolute Gasteiger partial charge is 0.337 e. The lowest BCUT2D eigenvalue weighted by molar-refractivity contribution is 0.0695. The fourth-order valence-electron chi connectivity index (χ4n) is 6.26. The molecule has 6 rings (SSSR count). The predicted octanol–water partition coefficient (Wildman–Crippen LogP) is 6.03.